The first-order valence-electron chi connectivity index (χ1n) is 9.11. The fourth-order valence-corrected chi connectivity index (χ4v) is 4.04. The maximum absolute atomic E-state index is 12.6. The topological polar surface area (TPSA) is 154 Å². The quantitative estimate of drug-likeness (QED) is 0.322. The number of carbonyl (C=O) groups excluding carboxylic acids is 5. The summed E-state index contributed by atoms with van der Waals surface area (Å²) in [5.41, 5.74) is 5.19. The molecule has 12 heteroatoms. The van der Waals surface area contributed by atoms with Crippen molar-refractivity contribution in [3.05, 3.63) is 40.6 Å². The highest BCUT2D eigenvalue weighted by atomic mass is 32.2. The highest BCUT2D eigenvalue weighted by Gasteiger charge is 2.50. The Kier molecular flexibility index (Phi) is 6.49. The maximum atomic E-state index is 12.6. The number of amides is 3. The van der Waals surface area contributed by atoms with E-state index in [1.165, 1.54) is 54.8 Å². The fourth-order valence-electron chi connectivity index (χ4n) is 2.80. The summed E-state index contributed by atoms with van der Waals surface area (Å²) in [5.74, 6) is -2.59. The van der Waals surface area contributed by atoms with Crippen LogP contribution in [-0.4, -0.2) is 52.8 Å². The van der Waals surface area contributed by atoms with Crippen LogP contribution in [0.25, 0.3) is 0 Å². The number of hydrogen-bond donors (Lipinski definition) is 2. The van der Waals surface area contributed by atoms with Crippen molar-refractivity contribution in [1.29, 1.82) is 0 Å². The number of β-lactam (4-membered cyclic amide) rings is 1. The van der Waals surface area contributed by atoms with E-state index in [1.807, 2.05) is 0 Å². The van der Waals surface area contributed by atoms with Crippen LogP contribution in [0.2, 0.25) is 0 Å². The highest BCUT2D eigenvalue weighted by molar-refractivity contribution is 8.03. The molecular formula is C19H19N3O8S. The van der Waals surface area contributed by atoms with Crippen molar-refractivity contribution >= 4 is 41.4 Å². The second-order valence-electron chi connectivity index (χ2n) is 6.53. The molecule has 2 aliphatic heterocycles. The smallest absolute Gasteiger partial charge is 0.362 e. The van der Waals surface area contributed by atoms with Gasteiger partial charge in [0.15, 0.2) is 10.8 Å². The number of thioether (sulfide) groups is 1. The van der Waals surface area contributed by atoms with Crippen LogP contribution in [-0.2, 0) is 28.7 Å². The molecule has 0 unspecified atom stereocenters. The first kappa shape index (κ1) is 22.2. The van der Waals surface area contributed by atoms with Crippen LogP contribution in [0, 0.1) is 0 Å². The molecule has 0 radical (unpaired) electrons. The Balaban J connectivity index is 1.74. The summed E-state index contributed by atoms with van der Waals surface area (Å²) in [5, 5.41) is 2.23. The normalized spacial score (nSPS) is 17.9. The van der Waals surface area contributed by atoms with Crippen molar-refractivity contribution < 1.29 is 38.2 Å². The summed E-state index contributed by atoms with van der Waals surface area (Å²) in [6.45, 7) is 2.26. The van der Waals surface area contributed by atoms with E-state index in [-0.39, 0.29) is 40.6 Å². The number of primary amides is 1. The van der Waals surface area contributed by atoms with E-state index in [4.69, 9.17) is 19.9 Å². The molecule has 0 bridgehead atoms. The summed E-state index contributed by atoms with van der Waals surface area (Å²) in [7, 11) is 0. The van der Waals surface area contributed by atoms with Gasteiger partial charge in [-0.2, -0.15) is 0 Å². The molecule has 2 atom stereocenters. The minimum Gasteiger partial charge on any atom is -0.448 e. The van der Waals surface area contributed by atoms with Crippen LogP contribution >= 0.6 is 11.8 Å². The van der Waals surface area contributed by atoms with Gasteiger partial charge in [-0.15, -0.1) is 0 Å². The molecule has 1 saturated heterocycles. The number of nitrogens with zero attached hydrogens (tertiary/aromatic N) is 1. The molecule has 1 fully saturated rings. The molecule has 2 heterocycles. The van der Waals surface area contributed by atoms with Gasteiger partial charge in [0.2, 0.25) is 18.1 Å². The van der Waals surface area contributed by atoms with Crippen molar-refractivity contribution in [2.45, 2.75) is 31.9 Å². The van der Waals surface area contributed by atoms with E-state index in [1.54, 1.807) is 0 Å². The summed E-state index contributed by atoms with van der Waals surface area (Å²) in [6, 6.07) is 5.92. The van der Waals surface area contributed by atoms with E-state index < -0.39 is 30.0 Å². The van der Waals surface area contributed by atoms with Gasteiger partial charge in [0, 0.05) is 19.4 Å². The molecule has 1 aromatic carbocycles. The zero-order chi connectivity index (χ0) is 22.7. The van der Waals surface area contributed by atoms with E-state index in [9.17, 15) is 24.0 Å². The lowest BCUT2D eigenvalue weighted by atomic mass is 10.2. The number of esters is 2. The summed E-state index contributed by atoms with van der Waals surface area (Å²) in [4.78, 5) is 59.6. The Morgan fingerprint density at radius 2 is 1.90 bits per heavy atom. The number of ether oxygens (including phenoxy) is 3. The first-order valence-corrected chi connectivity index (χ1v) is 9.99. The van der Waals surface area contributed by atoms with Crippen LogP contribution in [0.3, 0.4) is 0 Å². The Morgan fingerprint density at radius 1 is 1.23 bits per heavy atom. The Morgan fingerprint density at radius 3 is 2.48 bits per heavy atom. The van der Waals surface area contributed by atoms with Gasteiger partial charge in [0.05, 0.1) is 18.3 Å². The minimum atomic E-state index is -1.14. The Bertz CT molecular complexity index is 975. The number of benzene rings is 1. The third-order valence-electron chi connectivity index (χ3n) is 4.13. The third-order valence-corrected chi connectivity index (χ3v) is 5.27. The number of fused-ring (bicyclic) bond motifs is 1. The highest BCUT2D eigenvalue weighted by Crippen LogP contribution is 2.47. The summed E-state index contributed by atoms with van der Waals surface area (Å²) >= 11 is 1.18. The number of carbonyl (C=O) groups is 5. The van der Waals surface area contributed by atoms with Crippen molar-refractivity contribution in [2.75, 3.05) is 6.54 Å². The van der Waals surface area contributed by atoms with Gasteiger partial charge >= 0.3 is 11.9 Å². The monoisotopic (exact) mass is 449 g/mol. The van der Waals surface area contributed by atoms with Crippen molar-refractivity contribution in [1.82, 2.24) is 10.2 Å². The number of hydrogen-bond acceptors (Lipinski definition) is 9. The fraction of sp³-hybridized carbons (Fsp3) is 0.316. The van der Waals surface area contributed by atoms with Crippen LogP contribution in [0.1, 0.15) is 30.6 Å². The van der Waals surface area contributed by atoms with Crippen LogP contribution in [0.15, 0.2) is 35.1 Å². The summed E-state index contributed by atoms with van der Waals surface area (Å²) in [6.07, 6.45) is -0.898. The van der Waals surface area contributed by atoms with E-state index in [2.05, 4.69) is 5.32 Å². The Hall–Kier alpha value is -3.54. The molecule has 3 amide bonds. The molecule has 2 aliphatic rings. The maximum Gasteiger partial charge on any atom is 0.362 e. The molecular weight excluding hydrogens is 430 g/mol. The molecule has 11 nitrogen and oxygen atoms in total. The van der Waals surface area contributed by atoms with Crippen LogP contribution in [0.5, 0.6) is 5.75 Å². The lowest BCUT2D eigenvalue weighted by Crippen LogP contribution is -2.49. The molecule has 164 valence electrons. The molecule has 0 aliphatic carbocycles. The molecule has 3 rings (SSSR count). The Labute approximate surface area is 180 Å². The van der Waals surface area contributed by atoms with Crippen molar-refractivity contribution in [3.63, 3.8) is 0 Å². The number of nitrogens with one attached hydrogen (secondary N) is 1. The predicted octanol–water partition coefficient (Wildman–Crippen LogP) is 0.207. The number of nitrogens with two attached hydrogens (primary N) is 1. The van der Waals surface area contributed by atoms with Gasteiger partial charge < -0.3 is 25.3 Å². The minimum absolute atomic E-state index is 0.0754. The number of rotatable bonds is 8. The standard InChI is InChI=1S/C19H19N3O8S/c1-9(23)28-10(2)29-18(27)16-19(31-15-7-14(25)22(15)16)30-12-5-3-11(4-6-12)17(26)21-8-13(20)24/h3-6,10,15H,7-8H2,1-2H3,(H2,20,24)(H,21,26)/t10-,15-/m1/s1. The average molecular weight is 449 g/mol. The van der Waals surface area contributed by atoms with Gasteiger partial charge in [-0.25, -0.2) is 4.79 Å². The third kappa shape index (κ3) is 5.15. The SMILES string of the molecule is CC(=O)O[C@@H](C)OC(=O)C1=C(Oc2ccc(C(=O)NCC(N)=O)cc2)S[C@@H]2CC(=O)N12. The lowest BCUT2D eigenvalue weighted by molar-refractivity contribution is -0.182. The average Bonchev–Trinajstić information content (AvgIpc) is 2.97. The second-order valence-corrected chi connectivity index (χ2v) is 7.68. The van der Waals surface area contributed by atoms with Gasteiger partial charge in [-0.1, -0.05) is 11.8 Å². The van der Waals surface area contributed by atoms with Gasteiger partial charge in [0.1, 0.15) is 5.75 Å². The van der Waals surface area contributed by atoms with E-state index in [0.29, 0.717) is 5.75 Å². The first-order chi connectivity index (χ1) is 14.7. The lowest BCUT2D eigenvalue weighted by Gasteiger charge is -2.33. The predicted molar refractivity (Wildman–Crippen MR) is 106 cm³/mol. The van der Waals surface area contributed by atoms with E-state index in [0.717, 1.165) is 0 Å². The zero-order valence-electron chi connectivity index (χ0n) is 16.6. The summed E-state index contributed by atoms with van der Waals surface area (Å²) < 4.78 is 15.6. The van der Waals surface area contributed by atoms with E-state index >= 15 is 0 Å². The second kappa shape index (κ2) is 9.08. The van der Waals surface area contributed by atoms with Gasteiger partial charge in [-0.3, -0.25) is 24.1 Å². The van der Waals surface area contributed by atoms with Crippen molar-refractivity contribution in [2.24, 2.45) is 5.73 Å². The van der Waals surface area contributed by atoms with Crippen LogP contribution in [0.4, 0.5) is 0 Å². The molecule has 0 spiro atoms. The molecule has 0 saturated carbocycles. The largest absolute Gasteiger partial charge is 0.448 e. The zero-order valence-corrected chi connectivity index (χ0v) is 17.4. The van der Waals surface area contributed by atoms with Gasteiger partial charge in [0.25, 0.3) is 5.91 Å². The molecule has 1 aromatic rings. The van der Waals surface area contributed by atoms with Gasteiger partial charge in [-0.05, 0) is 24.3 Å². The molecule has 0 aromatic heterocycles. The van der Waals surface area contributed by atoms with Crippen molar-refractivity contribution in [3.8, 4) is 5.75 Å². The molecule has 3 N–H and O–H groups in total. The van der Waals surface area contributed by atoms with Crippen LogP contribution < -0.4 is 15.8 Å². The molecule has 31 heavy (non-hydrogen) atoms.